The van der Waals surface area contributed by atoms with Crippen LogP contribution in [0.15, 0.2) is 18.2 Å². The molecule has 6 heteroatoms. The Balaban J connectivity index is 2.54. The van der Waals surface area contributed by atoms with Crippen molar-refractivity contribution in [3.63, 3.8) is 0 Å². The summed E-state index contributed by atoms with van der Waals surface area (Å²) in [7, 11) is 1.69. The summed E-state index contributed by atoms with van der Waals surface area (Å²) in [5, 5.41) is 2.98. The summed E-state index contributed by atoms with van der Waals surface area (Å²) in [5.41, 5.74) is 1.41. The zero-order valence-electron chi connectivity index (χ0n) is 10.2. The highest BCUT2D eigenvalue weighted by atomic mass is 35.5. The lowest BCUT2D eigenvalue weighted by Crippen LogP contribution is -2.19. The Labute approximate surface area is 124 Å². The van der Waals surface area contributed by atoms with Crippen LogP contribution in [0.5, 0.6) is 0 Å². The van der Waals surface area contributed by atoms with Crippen molar-refractivity contribution < 1.29 is 8.78 Å². The number of aryl methyl sites for hydroxylation is 1. The van der Waals surface area contributed by atoms with E-state index >= 15 is 0 Å². The fraction of sp³-hybridized carbons (Fsp3) is 0.231. The van der Waals surface area contributed by atoms with E-state index in [9.17, 15) is 8.78 Å². The first-order chi connectivity index (χ1) is 8.93. The Kier molecular flexibility index (Phi) is 4.46. The van der Waals surface area contributed by atoms with E-state index in [1.165, 1.54) is 17.4 Å². The summed E-state index contributed by atoms with van der Waals surface area (Å²) < 4.78 is 28.3. The molecule has 102 valence electrons. The van der Waals surface area contributed by atoms with Crippen LogP contribution < -0.4 is 5.32 Å². The third kappa shape index (κ3) is 2.92. The standard InChI is InChI=1S/C13H11Cl2F2NS/c1-6-3-7(10(17)5-9(6)16)12(18-2)8-4-11(14)19-13(8)15/h3-5,12,18H,1-2H3. The lowest BCUT2D eigenvalue weighted by atomic mass is 9.99. The zero-order valence-corrected chi connectivity index (χ0v) is 12.6. The summed E-state index contributed by atoms with van der Waals surface area (Å²) in [5.74, 6) is -1.17. The van der Waals surface area contributed by atoms with Crippen molar-refractivity contribution in [3.05, 3.63) is 55.2 Å². The lowest BCUT2D eigenvalue weighted by molar-refractivity contribution is 0.548. The topological polar surface area (TPSA) is 12.0 Å². The second-order valence-corrected chi connectivity index (χ2v) is 6.41. The van der Waals surface area contributed by atoms with Gasteiger partial charge >= 0.3 is 0 Å². The molecule has 0 aliphatic rings. The number of thiophene rings is 1. The smallest absolute Gasteiger partial charge is 0.131 e. The molecule has 1 aromatic carbocycles. The van der Waals surface area contributed by atoms with Crippen LogP contribution in [-0.4, -0.2) is 7.05 Å². The lowest BCUT2D eigenvalue weighted by Gasteiger charge is -2.18. The van der Waals surface area contributed by atoms with Gasteiger partial charge in [-0.3, -0.25) is 0 Å². The summed E-state index contributed by atoms with van der Waals surface area (Å²) in [4.78, 5) is 0. The van der Waals surface area contributed by atoms with Crippen LogP contribution in [0.25, 0.3) is 0 Å². The van der Waals surface area contributed by atoms with Gasteiger partial charge in [0.15, 0.2) is 0 Å². The van der Waals surface area contributed by atoms with Crippen LogP contribution in [0.4, 0.5) is 8.78 Å². The third-order valence-corrected chi connectivity index (χ3v) is 4.39. The Morgan fingerprint density at radius 3 is 2.32 bits per heavy atom. The van der Waals surface area contributed by atoms with Gasteiger partial charge in [0.2, 0.25) is 0 Å². The largest absolute Gasteiger partial charge is 0.309 e. The van der Waals surface area contributed by atoms with E-state index in [0.29, 0.717) is 25.4 Å². The minimum atomic E-state index is -0.610. The molecule has 0 fully saturated rings. The van der Waals surface area contributed by atoms with Gasteiger partial charge in [-0.2, -0.15) is 0 Å². The van der Waals surface area contributed by atoms with Crippen LogP contribution in [0.1, 0.15) is 22.7 Å². The van der Waals surface area contributed by atoms with Crippen LogP contribution in [0.3, 0.4) is 0 Å². The van der Waals surface area contributed by atoms with Crippen LogP contribution >= 0.6 is 34.5 Å². The highest BCUT2D eigenvalue weighted by Crippen LogP contribution is 2.38. The molecule has 19 heavy (non-hydrogen) atoms. The molecule has 0 spiro atoms. The maximum atomic E-state index is 13.9. The average molecular weight is 322 g/mol. The van der Waals surface area contributed by atoms with E-state index in [4.69, 9.17) is 23.2 Å². The molecule has 0 saturated heterocycles. The molecule has 0 radical (unpaired) electrons. The summed E-state index contributed by atoms with van der Waals surface area (Å²) in [6.07, 6.45) is 0. The first-order valence-electron chi connectivity index (χ1n) is 5.51. The first-order valence-corrected chi connectivity index (χ1v) is 7.08. The number of benzene rings is 1. The molecule has 1 unspecified atom stereocenters. The number of rotatable bonds is 3. The van der Waals surface area contributed by atoms with Gasteiger partial charge in [0.05, 0.1) is 14.7 Å². The van der Waals surface area contributed by atoms with Gasteiger partial charge in [0, 0.05) is 17.2 Å². The normalized spacial score (nSPS) is 12.7. The van der Waals surface area contributed by atoms with Gasteiger partial charge in [0.25, 0.3) is 0 Å². The second kappa shape index (κ2) is 5.75. The molecular weight excluding hydrogens is 311 g/mol. The van der Waals surface area contributed by atoms with Gasteiger partial charge in [0.1, 0.15) is 11.6 Å². The molecule has 0 saturated carbocycles. The van der Waals surface area contributed by atoms with Crippen LogP contribution in [0, 0.1) is 18.6 Å². The maximum Gasteiger partial charge on any atom is 0.131 e. The van der Waals surface area contributed by atoms with Gasteiger partial charge < -0.3 is 5.32 Å². The van der Waals surface area contributed by atoms with E-state index in [1.54, 1.807) is 20.0 Å². The van der Waals surface area contributed by atoms with Crippen molar-refractivity contribution in [1.29, 1.82) is 0 Å². The van der Waals surface area contributed by atoms with Crippen molar-refractivity contribution in [1.82, 2.24) is 5.32 Å². The van der Waals surface area contributed by atoms with E-state index < -0.39 is 17.7 Å². The highest BCUT2D eigenvalue weighted by Gasteiger charge is 2.22. The molecular formula is C13H11Cl2F2NS. The average Bonchev–Trinajstić information content (AvgIpc) is 2.66. The summed E-state index contributed by atoms with van der Waals surface area (Å²) >= 11 is 13.2. The third-order valence-electron chi connectivity index (χ3n) is 2.87. The predicted octanol–water partition coefficient (Wildman–Crippen LogP) is 4.95. The van der Waals surface area contributed by atoms with Crippen molar-refractivity contribution >= 4 is 34.5 Å². The molecule has 1 nitrogen and oxygen atoms in total. The zero-order chi connectivity index (χ0) is 14.2. The van der Waals surface area contributed by atoms with E-state index in [0.717, 1.165) is 6.07 Å². The van der Waals surface area contributed by atoms with Crippen molar-refractivity contribution in [2.75, 3.05) is 7.05 Å². The van der Waals surface area contributed by atoms with Crippen molar-refractivity contribution in [2.45, 2.75) is 13.0 Å². The fourth-order valence-corrected chi connectivity index (χ4v) is 3.46. The van der Waals surface area contributed by atoms with E-state index in [-0.39, 0.29) is 0 Å². The van der Waals surface area contributed by atoms with Gasteiger partial charge in [-0.1, -0.05) is 23.2 Å². The van der Waals surface area contributed by atoms with Crippen LogP contribution in [-0.2, 0) is 0 Å². The Morgan fingerprint density at radius 1 is 1.11 bits per heavy atom. The predicted molar refractivity (Wildman–Crippen MR) is 76.3 cm³/mol. The molecule has 1 heterocycles. The first kappa shape index (κ1) is 14.7. The molecule has 0 aliphatic heterocycles. The Morgan fingerprint density at radius 2 is 1.79 bits per heavy atom. The maximum absolute atomic E-state index is 13.9. The molecule has 2 aromatic rings. The molecule has 1 N–H and O–H groups in total. The minimum Gasteiger partial charge on any atom is -0.309 e. The molecule has 1 atom stereocenters. The molecule has 0 aliphatic carbocycles. The van der Waals surface area contributed by atoms with E-state index in [2.05, 4.69) is 5.32 Å². The number of nitrogens with one attached hydrogen (secondary N) is 1. The SMILES string of the molecule is CNC(c1cc(C)c(F)cc1F)c1cc(Cl)sc1Cl. The highest BCUT2D eigenvalue weighted by molar-refractivity contribution is 7.20. The van der Waals surface area contributed by atoms with Crippen molar-refractivity contribution in [2.24, 2.45) is 0 Å². The van der Waals surface area contributed by atoms with Gasteiger partial charge in [-0.05, 0) is 31.7 Å². The van der Waals surface area contributed by atoms with Crippen molar-refractivity contribution in [3.8, 4) is 0 Å². The Hall–Kier alpha value is -0.680. The number of hydrogen-bond acceptors (Lipinski definition) is 2. The minimum absolute atomic E-state index is 0.345. The molecule has 0 amide bonds. The number of hydrogen-bond donors (Lipinski definition) is 1. The Bertz CT molecular complexity index is 613. The second-order valence-electron chi connectivity index (χ2n) is 4.12. The van der Waals surface area contributed by atoms with Gasteiger partial charge in [-0.25, -0.2) is 8.78 Å². The monoisotopic (exact) mass is 321 g/mol. The van der Waals surface area contributed by atoms with E-state index in [1.807, 2.05) is 0 Å². The summed E-state index contributed by atoms with van der Waals surface area (Å²) in [6.45, 7) is 1.59. The van der Waals surface area contributed by atoms with Gasteiger partial charge in [-0.15, -0.1) is 11.3 Å². The fourth-order valence-electron chi connectivity index (χ4n) is 1.93. The molecule has 0 bridgehead atoms. The van der Waals surface area contributed by atoms with Crippen LogP contribution in [0.2, 0.25) is 8.67 Å². The summed E-state index contributed by atoms with van der Waals surface area (Å²) in [6, 6.07) is 3.59. The molecule has 1 aromatic heterocycles. The number of halogens is 4. The molecule has 2 rings (SSSR count). The quantitative estimate of drug-likeness (QED) is 0.843.